The van der Waals surface area contributed by atoms with Crippen LogP contribution in [0.1, 0.15) is 31.2 Å². The van der Waals surface area contributed by atoms with Gasteiger partial charge in [-0.1, -0.05) is 0 Å². The lowest BCUT2D eigenvalue weighted by Gasteiger charge is -2.41. The van der Waals surface area contributed by atoms with E-state index in [1.165, 1.54) is 11.2 Å². The van der Waals surface area contributed by atoms with Crippen LogP contribution in [0.25, 0.3) is 11.4 Å². The topological polar surface area (TPSA) is 153 Å². The van der Waals surface area contributed by atoms with Crippen molar-refractivity contribution in [3.63, 3.8) is 0 Å². The molecule has 14 heteroatoms. The van der Waals surface area contributed by atoms with Gasteiger partial charge in [-0.25, -0.2) is 14.4 Å². The summed E-state index contributed by atoms with van der Waals surface area (Å²) in [4.78, 5) is 31.4. The Hall–Kier alpha value is -5.05. The van der Waals surface area contributed by atoms with E-state index in [1.807, 2.05) is 18.2 Å². The molecular formula is C34H38FN9O4. The van der Waals surface area contributed by atoms with Crippen molar-refractivity contribution in [3.05, 3.63) is 48.3 Å². The molecule has 6 rings (SSSR count). The van der Waals surface area contributed by atoms with Crippen LogP contribution < -0.4 is 19.7 Å². The molecule has 4 heterocycles. The molecule has 2 atom stereocenters. The number of amides is 1. The highest BCUT2D eigenvalue weighted by atomic mass is 19.1. The number of carbonyl (C=O) groups is 1. The van der Waals surface area contributed by atoms with Crippen molar-refractivity contribution >= 4 is 23.2 Å². The first-order chi connectivity index (χ1) is 23.4. The fourth-order valence-corrected chi connectivity index (χ4v) is 6.50. The SMILES string of the molecule is COc1cc(Nc2ncnc(-c3ccc(OC4CCN(C(=O)CC#N)C[C@H]4F)c(C#N)c3)n2)ccc1N1CCC(N2CCOCC2)CC1. The van der Waals surface area contributed by atoms with Gasteiger partial charge in [0.1, 0.15) is 36.4 Å². The lowest BCUT2D eigenvalue weighted by molar-refractivity contribution is -0.134. The number of benzene rings is 2. The van der Waals surface area contributed by atoms with E-state index in [0.717, 1.165) is 69.4 Å². The predicted octanol–water partition coefficient (Wildman–Crippen LogP) is 3.69. The summed E-state index contributed by atoms with van der Waals surface area (Å²) in [6, 6.07) is 15.3. The summed E-state index contributed by atoms with van der Waals surface area (Å²) >= 11 is 0. The van der Waals surface area contributed by atoms with Crippen LogP contribution in [0, 0.1) is 22.7 Å². The zero-order chi connectivity index (χ0) is 33.5. The number of carbonyl (C=O) groups excluding carboxylic acids is 1. The van der Waals surface area contributed by atoms with E-state index in [2.05, 4.69) is 36.1 Å². The molecule has 48 heavy (non-hydrogen) atoms. The minimum atomic E-state index is -1.45. The number of hydrogen-bond donors (Lipinski definition) is 1. The molecule has 1 N–H and O–H groups in total. The Morgan fingerprint density at radius 3 is 2.58 bits per heavy atom. The number of ether oxygens (including phenoxy) is 3. The Balaban J connectivity index is 1.10. The van der Waals surface area contributed by atoms with Gasteiger partial charge in [-0.15, -0.1) is 0 Å². The Kier molecular flexibility index (Phi) is 10.4. The number of morpholine rings is 1. The molecule has 1 aromatic heterocycles. The number of nitriles is 2. The molecule has 1 amide bonds. The first kappa shape index (κ1) is 32.9. The lowest BCUT2D eigenvalue weighted by Crippen LogP contribution is -2.49. The number of likely N-dealkylation sites (tertiary alicyclic amines) is 1. The third kappa shape index (κ3) is 7.56. The molecule has 13 nitrogen and oxygen atoms in total. The van der Waals surface area contributed by atoms with Crippen LogP contribution in [0.15, 0.2) is 42.7 Å². The van der Waals surface area contributed by atoms with Gasteiger partial charge in [-0.2, -0.15) is 15.5 Å². The van der Waals surface area contributed by atoms with Crippen LogP contribution in [-0.4, -0.2) is 109 Å². The maximum absolute atomic E-state index is 14.9. The first-order valence-electron chi connectivity index (χ1n) is 16.2. The summed E-state index contributed by atoms with van der Waals surface area (Å²) < 4.78 is 32.1. The quantitative estimate of drug-likeness (QED) is 0.358. The minimum absolute atomic E-state index is 0.158. The second-order valence-electron chi connectivity index (χ2n) is 12.0. The van der Waals surface area contributed by atoms with Gasteiger partial charge in [0.05, 0.1) is 44.2 Å². The maximum atomic E-state index is 14.9. The highest BCUT2D eigenvalue weighted by Gasteiger charge is 2.33. The van der Waals surface area contributed by atoms with Gasteiger partial charge in [-0.05, 0) is 43.2 Å². The number of hydrogen-bond acceptors (Lipinski definition) is 12. The Morgan fingerprint density at radius 1 is 1.04 bits per heavy atom. The van der Waals surface area contributed by atoms with E-state index in [0.29, 0.717) is 23.4 Å². The first-order valence-corrected chi connectivity index (χ1v) is 16.2. The van der Waals surface area contributed by atoms with Crippen LogP contribution in [0.3, 0.4) is 0 Å². The van der Waals surface area contributed by atoms with Crippen molar-refractivity contribution in [1.29, 1.82) is 10.5 Å². The Bertz CT molecular complexity index is 1680. The molecule has 0 bridgehead atoms. The summed E-state index contributed by atoms with van der Waals surface area (Å²) in [6.07, 6.45) is 1.26. The fourth-order valence-electron chi connectivity index (χ4n) is 6.50. The molecule has 3 aliphatic rings. The third-order valence-corrected chi connectivity index (χ3v) is 9.08. The zero-order valence-corrected chi connectivity index (χ0v) is 26.8. The van der Waals surface area contributed by atoms with Gasteiger partial charge in [0, 0.05) is 62.5 Å². The standard InChI is InChI=1S/C34H38FN9O4/c1-46-31-19-25(3-4-28(31)43-11-7-26(8-12-43)42-14-16-47-17-15-42)40-34-39-22-38-33(41-34)23-2-5-29(24(18-23)20-37)48-30-9-13-44(21-27(30)35)32(45)6-10-36/h2-5,18-19,22,26-27,30H,6-9,11-17,21H2,1H3,(H,38,39,40,41)/t27-,30?/m1/s1. The van der Waals surface area contributed by atoms with Gasteiger partial charge in [-0.3, -0.25) is 9.69 Å². The van der Waals surface area contributed by atoms with Crippen molar-refractivity contribution in [2.45, 2.75) is 44.0 Å². The van der Waals surface area contributed by atoms with Crippen molar-refractivity contribution in [2.24, 2.45) is 0 Å². The lowest BCUT2D eigenvalue weighted by atomic mass is 10.0. The number of anilines is 3. The summed E-state index contributed by atoms with van der Waals surface area (Å²) in [5, 5.41) is 21.8. The largest absolute Gasteiger partial charge is 0.495 e. The van der Waals surface area contributed by atoms with E-state index < -0.39 is 18.2 Å². The molecule has 3 saturated heterocycles. The normalized spacial score (nSPS) is 20.4. The average Bonchev–Trinajstić information content (AvgIpc) is 3.13. The number of halogens is 1. The van der Waals surface area contributed by atoms with Crippen LogP contribution in [0.4, 0.5) is 21.7 Å². The van der Waals surface area contributed by atoms with Gasteiger partial charge < -0.3 is 29.3 Å². The number of rotatable bonds is 9. The van der Waals surface area contributed by atoms with Gasteiger partial charge in [0.2, 0.25) is 11.9 Å². The number of nitrogens with one attached hydrogen (secondary N) is 1. The van der Waals surface area contributed by atoms with Crippen molar-refractivity contribution < 1.29 is 23.4 Å². The second-order valence-corrected chi connectivity index (χ2v) is 12.0. The average molecular weight is 656 g/mol. The van der Waals surface area contributed by atoms with Crippen LogP contribution in [-0.2, 0) is 9.53 Å². The van der Waals surface area contributed by atoms with Gasteiger partial charge in [0.15, 0.2) is 12.0 Å². The molecule has 3 aromatic rings. The van der Waals surface area contributed by atoms with Gasteiger partial charge in [0.25, 0.3) is 0 Å². The van der Waals surface area contributed by atoms with Crippen LogP contribution in [0.2, 0.25) is 0 Å². The number of methoxy groups -OCH3 is 1. The maximum Gasteiger partial charge on any atom is 0.236 e. The molecule has 0 spiro atoms. The number of piperidine rings is 2. The van der Waals surface area contributed by atoms with Gasteiger partial charge >= 0.3 is 0 Å². The monoisotopic (exact) mass is 655 g/mol. The van der Waals surface area contributed by atoms with E-state index >= 15 is 0 Å². The second kappa shape index (κ2) is 15.2. The van der Waals surface area contributed by atoms with E-state index in [4.69, 9.17) is 19.5 Å². The van der Waals surface area contributed by atoms with Crippen molar-refractivity contribution in [3.8, 4) is 35.0 Å². The molecule has 0 radical (unpaired) electrons. The summed E-state index contributed by atoms with van der Waals surface area (Å²) in [5.74, 6) is 1.24. The van der Waals surface area contributed by atoms with E-state index in [1.54, 1.807) is 31.4 Å². The smallest absolute Gasteiger partial charge is 0.236 e. The molecule has 250 valence electrons. The number of aromatic nitrogens is 3. The molecular weight excluding hydrogens is 617 g/mol. The Labute approximate surface area is 278 Å². The molecule has 3 aliphatic heterocycles. The zero-order valence-electron chi connectivity index (χ0n) is 26.8. The van der Waals surface area contributed by atoms with Crippen LogP contribution in [0.5, 0.6) is 11.5 Å². The highest BCUT2D eigenvalue weighted by Crippen LogP contribution is 2.35. The predicted molar refractivity (Wildman–Crippen MR) is 175 cm³/mol. The summed E-state index contributed by atoms with van der Waals surface area (Å²) in [6.45, 7) is 5.65. The van der Waals surface area contributed by atoms with Crippen LogP contribution >= 0.6 is 0 Å². The number of alkyl halides is 1. The molecule has 3 fully saturated rings. The fraction of sp³-hybridized carbons (Fsp3) is 0.471. The van der Waals surface area contributed by atoms with E-state index in [-0.39, 0.29) is 37.2 Å². The Morgan fingerprint density at radius 2 is 1.85 bits per heavy atom. The molecule has 0 saturated carbocycles. The third-order valence-electron chi connectivity index (χ3n) is 9.08. The summed E-state index contributed by atoms with van der Waals surface area (Å²) in [5.41, 5.74) is 2.56. The highest BCUT2D eigenvalue weighted by molar-refractivity contribution is 5.78. The van der Waals surface area contributed by atoms with Crippen molar-refractivity contribution in [1.82, 2.24) is 24.8 Å². The van der Waals surface area contributed by atoms with Crippen molar-refractivity contribution in [2.75, 3.05) is 69.8 Å². The number of nitrogens with zero attached hydrogens (tertiary/aromatic N) is 8. The molecule has 1 unspecified atom stereocenters. The molecule has 2 aromatic carbocycles. The summed E-state index contributed by atoms with van der Waals surface area (Å²) in [7, 11) is 1.67. The minimum Gasteiger partial charge on any atom is -0.495 e. The van der Waals surface area contributed by atoms with E-state index in [9.17, 15) is 14.4 Å². The molecule has 0 aliphatic carbocycles.